The molecule has 1 aliphatic heterocycles. The number of esters is 2. The van der Waals surface area contributed by atoms with E-state index >= 15 is 0 Å². The number of hydrogen-bond donors (Lipinski definition) is 0. The number of benzene rings is 1. The van der Waals surface area contributed by atoms with Gasteiger partial charge in [-0.05, 0) is 25.5 Å². The van der Waals surface area contributed by atoms with Crippen molar-refractivity contribution in [3.63, 3.8) is 0 Å². The molecule has 34 heavy (non-hydrogen) atoms. The molecule has 2 rings (SSSR count). The van der Waals surface area contributed by atoms with Crippen LogP contribution < -0.4 is 4.74 Å². The van der Waals surface area contributed by atoms with E-state index in [9.17, 15) is 9.59 Å². The molecular formula is C24H40Cl2N2O6. The van der Waals surface area contributed by atoms with Gasteiger partial charge in [0.1, 0.15) is 5.75 Å². The van der Waals surface area contributed by atoms with Crippen LogP contribution in [0.15, 0.2) is 24.3 Å². The van der Waals surface area contributed by atoms with Gasteiger partial charge in [0.15, 0.2) is 0 Å². The number of carbonyl (C=O) groups excluding carboxylic acids is 2. The van der Waals surface area contributed by atoms with E-state index in [2.05, 4.69) is 21.5 Å². The molecule has 8 nitrogen and oxygen atoms in total. The Bertz CT molecular complexity index is 716. The highest BCUT2D eigenvalue weighted by atomic mass is 35.5. The van der Waals surface area contributed by atoms with Gasteiger partial charge in [-0.3, -0.25) is 14.5 Å². The SMILES string of the molecule is CCN1CCN(Cc2ccccc2OC(=O)CC(OC)C(CCCC(=O)OC)OC)CC1.Cl.Cl. The second kappa shape index (κ2) is 17.9. The summed E-state index contributed by atoms with van der Waals surface area (Å²) in [5, 5.41) is 0. The van der Waals surface area contributed by atoms with E-state index in [1.54, 1.807) is 14.2 Å². The molecule has 0 radical (unpaired) electrons. The molecule has 1 aliphatic rings. The summed E-state index contributed by atoms with van der Waals surface area (Å²) < 4.78 is 21.4. The van der Waals surface area contributed by atoms with Crippen molar-refractivity contribution in [2.24, 2.45) is 0 Å². The third-order valence-electron chi connectivity index (χ3n) is 5.99. The van der Waals surface area contributed by atoms with Gasteiger partial charge in [-0.2, -0.15) is 0 Å². The number of hydrogen-bond acceptors (Lipinski definition) is 8. The topological polar surface area (TPSA) is 77.5 Å². The lowest BCUT2D eigenvalue weighted by atomic mass is 10.0. The monoisotopic (exact) mass is 522 g/mol. The predicted molar refractivity (Wildman–Crippen MR) is 136 cm³/mol. The fourth-order valence-corrected chi connectivity index (χ4v) is 3.94. The van der Waals surface area contributed by atoms with Crippen molar-refractivity contribution in [3.8, 4) is 5.75 Å². The molecule has 0 saturated carbocycles. The maximum absolute atomic E-state index is 12.7. The van der Waals surface area contributed by atoms with Gasteiger partial charge in [-0.15, -0.1) is 24.8 Å². The fourth-order valence-electron chi connectivity index (χ4n) is 3.94. The molecule has 0 N–H and O–H groups in total. The summed E-state index contributed by atoms with van der Waals surface area (Å²) in [6.45, 7) is 8.14. The average Bonchev–Trinajstić information content (AvgIpc) is 2.82. The molecule has 1 saturated heterocycles. The second-order valence-corrected chi connectivity index (χ2v) is 8.01. The summed E-state index contributed by atoms with van der Waals surface area (Å²) in [5.41, 5.74) is 1.00. The number of carbonyl (C=O) groups is 2. The normalized spacial score (nSPS) is 16.0. The van der Waals surface area contributed by atoms with Crippen molar-refractivity contribution in [3.05, 3.63) is 29.8 Å². The zero-order chi connectivity index (χ0) is 23.3. The van der Waals surface area contributed by atoms with Crippen LogP contribution in [-0.4, -0.2) is 88.0 Å². The summed E-state index contributed by atoms with van der Waals surface area (Å²) in [4.78, 5) is 28.9. The Morgan fingerprint density at radius 2 is 1.53 bits per heavy atom. The number of para-hydroxylation sites is 1. The largest absolute Gasteiger partial charge is 0.469 e. The van der Waals surface area contributed by atoms with Crippen molar-refractivity contribution in [1.29, 1.82) is 0 Å². The lowest BCUT2D eigenvalue weighted by Crippen LogP contribution is -2.45. The Labute approximate surface area is 216 Å². The number of likely N-dealkylation sites (N-methyl/N-ethyl adjacent to an activating group) is 1. The highest BCUT2D eigenvalue weighted by Crippen LogP contribution is 2.22. The first-order valence-electron chi connectivity index (χ1n) is 11.4. The minimum Gasteiger partial charge on any atom is -0.469 e. The third-order valence-corrected chi connectivity index (χ3v) is 5.99. The number of methoxy groups -OCH3 is 3. The smallest absolute Gasteiger partial charge is 0.313 e. The van der Waals surface area contributed by atoms with Crippen LogP contribution in [0.5, 0.6) is 5.75 Å². The van der Waals surface area contributed by atoms with Crippen LogP contribution in [0.3, 0.4) is 0 Å². The molecule has 1 heterocycles. The van der Waals surface area contributed by atoms with Gasteiger partial charge in [0.2, 0.25) is 0 Å². The second-order valence-electron chi connectivity index (χ2n) is 8.01. The van der Waals surface area contributed by atoms with Crippen LogP contribution in [0.4, 0.5) is 0 Å². The Hall–Kier alpha value is -1.42. The highest BCUT2D eigenvalue weighted by Gasteiger charge is 2.26. The van der Waals surface area contributed by atoms with E-state index in [0.29, 0.717) is 25.0 Å². The molecule has 2 unspecified atom stereocenters. The molecule has 2 atom stereocenters. The van der Waals surface area contributed by atoms with E-state index < -0.39 is 6.10 Å². The zero-order valence-corrected chi connectivity index (χ0v) is 22.3. The Morgan fingerprint density at radius 3 is 2.12 bits per heavy atom. The van der Waals surface area contributed by atoms with E-state index in [4.69, 9.17) is 14.2 Å². The molecule has 1 fully saturated rings. The molecule has 1 aromatic carbocycles. The van der Waals surface area contributed by atoms with Gasteiger partial charge in [-0.25, -0.2) is 0 Å². The predicted octanol–water partition coefficient (Wildman–Crippen LogP) is 3.34. The van der Waals surface area contributed by atoms with E-state index in [0.717, 1.165) is 44.8 Å². The van der Waals surface area contributed by atoms with Crippen LogP contribution >= 0.6 is 24.8 Å². The van der Waals surface area contributed by atoms with Gasteiger partial charge >= 0.3 is 11.9 Å². The summed E-state index contributed by atoms with van der Waals surface area (Å²) in [6, 6.07) is 7.68. The summed E-state index contributed by atoms with van der Waals surface area (Å²) in [7, 11) is 4.50. The van der Waals surface area contributed by atoms with E-state index in [1.165, 1.54) is 7.11 Å². The minimum absolute atomic E-state index is 0. The number of piperazine rings is 1. The van der Waals surface area contributed by atoms with Gasteiger partial charge < -0.3 is 23.8 Å². The van der Waals surface area contributed by atoms with Crippen LogP contribution in [0.2, 0.25) is 0 Å². The van der Waals surface area contributed by atoms with Crippen molar-refractivity contribution in [1.82, 2.24) is 9.80 Å². The van der Waals surface area contributed by atoms with Gasteiger partial charge in [0.25, 0.3) is 0 Å². The van der Waals surface area contributed by atoms with Crippen molar-refractivity contribution in [2.45, 2.75) is 51.4 Å². The molecule has 0 spiro atoms. The standard InChI is InChI=1S/C24H38N2O6.2ClH/c1-5-25-13-15-26(16-14-25)18-19-9-6-7-10-20(19)32-24(28)17-22(30-3)21(29-2)11-8-12-23(27)31-4;;/h6-7,9-10,21-22H,5,8,11-18H2,1-4H3;2*1H. The molecule has 10 heteroatoms. The maximum atomic E-state index is 12.7. The number of rotatable bonds is 13. The van der Waals surface area contributed by atoms with E-state index in [-0.39, 0.29) is 49.3 Å². The first kappa shape index (κ1) is 32.6. The average molecular weight is 523 g/mol. The van der Waals surface area contributed by atoms with E-state index in [1.807, 2.05) is 24.3 Å². The number of halogens is 2. The van der Waals surface area contributed by atoms with Gasteiger partial charge in [-0.1, -0.05) is 25.1 Å². The van der Waals surface area contributed by atoms with Crippen molar-refractivity contribution in [2.75, 3.05) is 54.1 Å². The van der Waals surface area contributed by atoms with Gasteiger partial charge in [0.05, 0.1) is 25.7 Å². The fraction of sp³-hybridized carbons (Fsp3) is 0.667. The quantitative estimate of drug-likeness (QED) is 0.288. The Kier molecular flexibility index (Phi) is 17.2. The summed E-state index contributed by atoms with van der Waals surface area (Å²) in [5.74, 6) is -0.0407. The van der Waals surface area contributed by atoms with Crippen molar-refractivity contribution >= 4 is 36.8 Å². The summed E-state index contributed by atoms with van der Waals surface area (Å²) >= 11 is 0. The van der Waals surface area contributed by atoms with Crippen molar-refractivity contribution < 1.29 is 28.5 Å². The summed E-state index contributed by atoms with van der Waals surface area (Å²) in [6.07, 6.45) is 0.765. The van der Waals surface area contributed by atoms with Crippen LogP contribution in [0.25, 0.3) is 0 Å². The molecule has 196 valence electrons. The lowest BCUT2D eigenvalue weighted by molar-refractivity contribution is -0.142. The molecular weight excluding hydrogens is 483 g/mol. The highest BCUT2D eigenvalue weighted by molar-refractivity contribution is 5.85. The first-order chi connectivity index (χ1) is 15.5. The molecule has 0 amide bonds. The third kappa shape index (κ3) is 10.9. The molecule has 0 aromatic heterocycles. The van der Waals surface area contributed by atoms with Gasteiger partial charge in [0, 0.05) is 58.9 Å². The van der Waals surface area contributed by atoms with Crippen LogP contribution in [-0.2, 0) is 30.3 Å². The van der Waals surface area contributed by atoms with Crippen LogP contribution in [0, 0.1) is 0 Å². The zero-order valence-electron chi connectivity index (χ0n) is 20.7. The Balaban J connectivity index is 0.00000544. The molecule has 0 aliphatic carbocycles. The van der Waals surface area contributed by atoms with Crippen LogP contribution in [0.1, 0.15) is 38.2 Å². The number of nitrogens with zero attached hydrogens (tertiary/aromatic N) is 2. The Morgan fingerprint density at radius 1 is 0.912 bits per heavy atom. The minimum atomic E-state index is -0.459. The maximum Gasteiger partial charge on any atom is 0.313 e. The molecule has 0 bridgehead atoms. The first-order valence-corrected chi connectivity index (χ1v) is 11.4. The molecule has 1 aromatic rings. The lowest BCUT2D eigenvalue weighted by Gasteiger charge is -2.34. The number of ether oxygens (including phenoxy) is 4.